The Labute approximate surface area is 378 Å². The molecule has 1 aliphatic heterocycles. The number of fused-ring (bicyclic) bond motifs is 10. The minimum Gasteiger partial charge on any atom is -0.469 e. The summed E-state index contributed by atoms with van der Waals surface area (Å²) in [4.78, 5) is 2.47. The fourth-order valence-corrected chi connectivity index (χ4v) is 10.9. The van der Waals surface area contributed by atoms with Crippen LogP contribution in [0.15, 0.2) is 173 Å². The number of benzene rings is 8. The average Bonchev–Trinajstić information content (AvgIpc) is 3.99. The van der Waals surface area contributed by atoms with Crippen LogP contribution in [0.4, 0.5) is 28.4 Å². The molecule has 8 aromatic carbocycles. The molecule has 309 valence electrons. The summed E-state index contributed by atoms with van der Waals surface area (Å²) in [6.45, 7) is 13.6. The van der Waals surface area contributed by atoms with Crippen molar-refractivity contribution >= 4 is 111 Å². The van der Waals surface area contributed by atoms with E-state index in [4.69, 9.17) is 8.83 Å². The zero-order valence-corrected chi connectivity index (χ0v) is 37.7. The SMILES string of the molecule is CC(C)(C)c1ccc(Nc2ccc3sc4ccccc4c3c2-c2c3c(cc4c2oc2ccccc24)N(c2ccc(C(C)(C)C)cc2-c2ccccc2)c2c(oc4ccccc24)[B]3)cc1. The van der Waals surface area contributed by atoms with Crippen LogP contribution < -0.4 is 21.3 Å². The maximum Gasteiger partial charge on any atom is 0.247 e. The van der Waals surface area contributed by atoms with Gasteiger partial charge in [0.15, 0.2) is 0 Å². The monoisotopic (exact) mass is 845 g/mol. The van der Waals surface area contributed by atoms with E-state index in [-0.39, 0.29) is 10.8 Å². The maximum atomic E-state index is 7.14. The molecule has 6 heteroatoms. The lowest BCUT2D eigenvalue weighted by molar-refractivity contribution is 0.590. The maximum absolute atomic E-state index is 7.14. The first kappa shape index (κ1) is 38.6. The molecule has 4 nitrogen and oxygen atoms in total. The van der Waals surface area contributed by atoms with Crippen molar-refractivity contribution in [1.82, 2.24) is 0 Å². The van der Waals surface area contributed by atoms with Crippen molar-refractivity contribution in [1.29, 1.82) is 0 Å². The van der Waals surface area contributed by atoms with Gasteiger partial charge in [-0.3, -0.25) is 0 Å². The van der Waals surface area contributed by atoms with Gasteiger partial charge < -0.3 is 19.1 Å². The highest BCUT2D eigenvalue weighted by Gasteiger charge is 2.37. The van der Waals surface area contributed by atoms with Gasteiger partial charge in [0.25, 0.3) is 0 Å². The number of furan rings is 2. The van der Waals surface area contributed by atoms with Gasteiger partial charge in [-0.25, -0.2) is 0 Å². The van der Waals surface area contributed by atoms with E-state index in [1.54, 1.807) is 0 Å². The Morgan fingerprint density at radius 2 is 1.19 bits per heavy atom. The first-order valence-electron chi connectivity index (χ1n) is 22.2. The van der Waals surface area contributed by atoms with Crippen LogP contribution in [-0.4, -0.2) is 7.28 Å². The molecule has 1 aliphatic rings. The van der Waals surface area contributed by atoms with E-state index in [0.717, 1.165) is 94.7 Å². The molecular formula is C58H46BN2O2S. The van der Waals surface area contributed by atoms with Crippen molar-refractivity contribution < 1.29 is 8.83 Å². The van der Waals surface area contributed by atoms with E-state index < -0.39 is 0 Å². The second-order valence-electron chi connectivity index (χ2n) is 19.2. The standard InChI is InChI=1S/C58H46BN2O2S/c1-57(2,3)35-24-27-37(28-25-35)60-43-29-31-49-50(40-20-12-15-23-48(40)64-49)51(43)52-53-45(33-42-38-18-10-13-21-46(38)62-55(42)52)61(54-39-19-11-14-22-47(39)63-56(54)59-53)44-30-26-36(58(4,5)6)32-41(44)34-16-8-7-9-17-34/h7-33,60H,1-6H3. The molecular weight excluding hydrogens is 800 g/mol. The van der Waals surface area contributed by atoms with Gasteiger partial charge in [-0.05, 0) is 99.7 Å². The summed E-state index contributed by atoms with van der Waals surface area (Å²) in [5.41, 5.74) is 16.5. The van der Waals surface area contributed by atoms with Crippen molar-refractivity contribution in [2.24, 2.45) is 0 Å². The third-order valence-corrected chi connectivity index (χ3v) is 14.2. The number of rotatable bonds is 5. The van der Waals surface area contributed by atoms with E-state index >= 15 is 0 Å². The van der Waals surface area contributed by atoms with Gasteiger partial charge in [-0.15, -0.1) is 11.3 Å². The molecule has 0 saturated carbocycles. The van der Waals surface area contributed by atoms with E-state index in [1.807, 2.05) is 11.3 Å². The minimum atomic E-state index is -0.0589. The summed E-state index contributed by atoms with van der Waals surface area (Å²) in [5.74, 6) is 0. The number of anilines is 5. The van der Waals surface area contributed by atoms with Gasteiger partial charge in [-0.1, -0.05) is 139 Å². The topological polar surface area (TPSA) is 41.6 Å². The Morgan fingerprint density at radius 1 is 0.531 bits per heavy atom. The Kier molecular flexibility index (Phi) is 8.60. The van der Waals surface area contributed by atoms with Gasteiger partial charge in [0.2, 0.25) is 7.28 Å². The molecule has 0 aliphatic carbocycles. The summed E-state index contributed by atoms with van der Waals surface area (Å²) in [6, 6.07) is 59.3. The highest BCUT2D eigenvalue weighted by atomic mass is 32.1. The Morgan fingerprint density at radius 3 is 1.94 bits per heavy atom. The number of hydrogen-bond donors (Lipinski definition) is 1. The second-order valence-corrected chi connectivity index (χ2v) is 20.3. The zero-order chi connectivity index (χ0) is 43.5. The fraction of sp³-hybridized carbons (Fsp3) is 0.138. The van der Waals surface area contributed by atoms with Gasteiger partial charge in [0.05, 0.1) is 17.0 Å². The molecule has 0 amide bonds. The Hall–Kier alpha value is -7.02. The zero-order valence-electron chi connectivity index (χ0n) is 36.8. The van der Waals surface area contributed by atoms with Gasteiger partial charge >= 0.3 is 0 Å². The molecule has 0 spiro atoms. The summed E-state index contributed by atoms with van der Waals surface area (Å²) < 4.78 is 16.5. The van der Waals surface area contributed by atoms with Gasteiger partial charge in [0, 0.05) is 70.1 Å². The number of nitrogens with one attached hydrogen (secondary N) is 1. The van der Waals surface area contributed by atoms with Crippen LogP contribution in [-0.2, 0) is 10.8 Å². The lowest BCUT2D eigenvalue weighted by atomic mass is 9.61. The molecule has 0 saturated heterocycles. The summed E-state index contributed by atoms with van der Waals surface area (Å²) >= 11 is 1.83. The molecule has 0 fully saturated rings. The molecule has 3 aromatic heterocycles. The first-order valence-corrected chi connectivity index (χ1v) is 23.0. The van der Waals surface area contributed by atoms with Crippen LogP contribution >= 0.6 is 11.3 Å². The van der Waals surface area contributed by atoms with E-state index in [1.165, 1.54) is 31.3 Å². The van der Waals surface area contributed by atoms with Crippen LogP contribution in [0.1, 0.15) is 52.7 Å². The smallest absolute Gasteiger partial charge is 0.247 e. The summed E-state index contributed by atoms with van der Waals surface area (Å²) in [7, 11) is 2.27. The van der Waals surface area contributed by atoms with Crippen molar-refractivity contribution in [3.63, 3.8) is 0 Å². The van der Waals surface area contributed by atoms with E-state index in [0.29, 0.717) is 0 Å². The number of nitrogens with zero attached hydrogens (tertiary/aromatic N) is 1. The number of thiophene rings is 1. The van der Waals surface area contributed by atoms with E-state index in [9.17, 15) is 0 Å². The highest BCUT2D eigenvalue weighted by Crippen LogP contribution is 2.52. The van der Waals surface area contributed by atoms with Gasteiger partial charge in [0.1, 0.15) is 16.7 Å². The largest absolute Gasteiger partial charge is 0.469 e. The third kappa shape index (κ3) is 6.11. The Balaban J connectivity index is 1.23. The van der Waals surface area contributed by atoms with Crippen molar-refractivity contribution in [3.8, 4) is 22.3 Å². The molecule has 11 aromatic rings. The van der Waals surface area contributed by atoms with Crippen LogP contribution in [0, 0.1) is 0 Å². The highest BCUT2D eigenvalue weighted by molar-refractivity contribution is 7.26. The molecule has 1 N–H and O–H groups in total. The molecule has 1 radical (unpaired) electrons. The lowest BCUT2D eigenvalue weighted by Crippen LogP contribution is -2.40. The predicted octanol–water partition coefficient (Wildman–Crippen LogP) is 15.8. The summed E-state index contributed by atoms with van der Waals surface area (Å²) in [6.07, 6.45) is 0. The van der Waals surface area contributed by atoms with Crippen LogP contribution in [0.5, 0.6) is 0 Å². The molecule has 64 heavy (non-hydrogen) atoms. The molecule has 12 rings (SSSR count). The minimum absolute atomic E-state index is 0.0405. The summed E-state index contributed by atoms with van der Waals surface area (Å²) in [5, 5.41) is 9.55. The second kappa shape index (κ2) is 14.3. The third-order valence-electron chi connectivity index (χ3n) is 13.0. The fourth-order valence-electron chi connectivity index (χ4n) is 9.76. The lowest BCUT2D eigenvalue weighted by Gasteiger charge is -2.35. The van der Waals surface area contributed by atoms with E-state index in [2.05, 4.69) is 223 Å². The van der Waals surface area contributed by atoms with Gasteiger partial charge in [-0.2, -0.15) is 0 Å². The van der Waals surface area contributed by atoms with Crippen LogP contribution in [0.25, 0.3) is 75.3 Å². The number of hydrogen-bond acceptors (Lipinski definition) is 5. The van der Waals surface area contributed by atoms with Crippen LogP contribution in [0.3, 0.4) is 0 Å². The van der Waals surface area contributed by atoms with Crippen molar-refractivity contribution in [2.75, 3.05) is 10.2 Å². The molecule has 0 atom stereocenters. The first-order chi connectivity index (χ1) is 31.0. The molecule has 4 heterocycles. The Bertz CT molecular complexity index is 3640. The molecule has 0 bridgehead atoms. The van der Waals surface area contributed by atoms with Crippen molar-refractivity contribution in [2.45, 2.75) is 52.4 Å². The van der Waals surface area contributed by atoms with Crippen molar-refractivity contribution in [3.05, 3.63) is 175 Å². The molecule has 0 unspecified atom stereocenters. The normalized spacial score (nSPS) is 12.9. The quantitative estimate of drug-likeness (QED) is 0.175. The predicted molar refractivity (Wildman–Crippen MR) is 274 cm³/mol. The number of para-hydroxylation sites is 2. The van der Waals surface area contributed by atoms with Crippen LogP contribution in [0.2, 0.25) is 0 Å². The average molecular weight is 846 g/mol.